The maximum absolute atomic E-state index is 14.9. The van der Waals surface area contributed by atoms with Crippen LogP contribution in [0.4, 0.5) is 0 Å². The molecule has 1 aliphatic heterocycles. The number of hydrogen-bond donors (Lipinski definition) is 3. The molecular weight excluding hydrogens is 797 g/mol. The fraction of sp³-hybridized carbons (Fsp3) is 0.259. The molecule has 0 spiro atoms. The van der Waals surface area contributed by atoms with Crippen molar-refractivity contribution < 1.29 is 19.1 Å². The third-order valence-corrected chi connectivity index (χ3v) is 12.3. The number of carbonyl (C=O) groups excluding carboxylic acids is 3. The number of aromatic nitrogens is 2. The first-order valence-electron chi connectivity index (χ1n) is 22.2. The number of nitrogens with two attached hydrogens (primary N) is 1. The van der Waals surface area contributed by atoms with Crippen molar-refractivity contribution in [1.82, 2.24) is 25.1 Å². The van der Waals surface area contributed by atoms with Gasteiger partial charge in [0.1, 0.15) is 17.6 Å². The van der Waals surface area contributed by atoms with Gasteiger partial charge in [-0.05, 0) is 70.5 Å². The van der Waals surface area contributed by atoms with Crippen LogP contribution in [-0.4, -0.2) is 69.5 Å². The van der Waals surface area contributed by atoms with E-state index in [2.05, 4.69) is 81.9 Å². The normalized spacial score (nSPS) is 16.0. The molecule has 326 valence electrons. The van der Waals surface area contributed by atoms with Gasteiger partial charge in [0, 0.05) is 38.5 Å². The highest BCUT2D eigenvalue weighted by atomic mass is 16.5. The van der Waals surface area contributed by atoms with E-state index in [0.717, 1.165) is 46.0 Å². The van der Waals surface area contributed by atoms with E-state index in [1.54, 1.807) is 6.33 Å². The minimum Gasteiger partial charge on any atom is -0.372 e. The standard InChI is InChI=1S/C54H56N6O4/c1-39(61)57-50(33-47-35-59(38-56-47)54(44-21-8-3-9-22-44,45-23-10-4-11-24-45)46-25-12-5-13-26-46)52(62)58-51(32-40-17-6-2-7-18-40)53(63)60-36-49(34-48(60)27-16-30-55)64-37-41-28-29-42-19-14-15-20-43(42)31-41/h2-15,17-26,28-29,31,35,38,48-51H,16,27,30,32-34,36-37,55H2,1H3,(H,57,61)(H,58,62)/t48-,49+,50+,51+/m0/s1. The van der Waals surface area contributed by atoms with Crippen LogP contribution in [0.2, 0.25) is 0 Å². The fourth-order valence-electron chi connectivity index (χ4n) is 9.26. The lowest BCUT2D eigenvalue weighted by Crippen LogP contribution is -2.56. The Hall–Kier alpha value is -6.88. The maximum atomic E-state index is 14.9. The van der Waals surface area contributed by atoms with Crippen LogP contribution in [0, 0.1) is 0 Å². The molecule has 6 aromatic carbocycles. The zero-order chi connectivity index (χ0) is 44.3. The molecule has 3 amide bonds. The fourth-order valence-corrected chi connectivity index (χ4v) is 9.26. The molecule has 1 fully saturated rings. The van der Waals surface area contributed by atoms with E-state index in [1.165, 1.54) is 12.3 Å². The minimum absolute atomic E-state index is 0.0899. The highest BCUT2D eigenvalue weighted by Gasteiger charge is 2.41. The van der Waals surface area contributed by atoms with Gasteiger partial charge >= 0.3 is 0 Å². The lowest BCUT2D eigenvalue weighted by Gasteiger charge is -2.37. The van der Waals surface area contributed by atoms with E-state index < -0.39 is 23.5 Å². The Morgan fingerprint density at radius 2 is 1.31 bits per heavy atom. The Balaban J connectivity index is 1.06. The third-order valence-electron chi connectivity index (χ3n) is 12.3. The Bertz CT molecular complexity index is 2520. The van der Waals surface area contributed by atoms with E-state index in [1.807, 2.05) is 108 Å². The second kappa shape index (κ2) is 20.5. The summed E-state index contributed by atoms with van der Waals surface area (Å²) in [7, 11) is 0. The number of amides is 3. The summed E-state index contributed by atoms with van der Waals surface area (Å²) in [5.74, 6) is -1.04. The van der Waals surface area contributed by atoms with Gasteiger partial charge < -0.3 is 30.6 Å². The molecule has 0 bridgehead atoms. The number of benzene rings is 6. The maximum Gasteiger partial charge on any atom is 0.245 e. The molecule has 10 heteroatoms. The summed E-state index contributed by atoms with van der Waals surface area (Å²) >= 11 is 0. The predicted molar refractivity (Wildman–Crippen MR) is 251 cm³/mol. The second-order valence-corrected chi connectivity index (χ2v) is 16.7. The van der Waals surface area contributed by atoms with Crippen LogP contribution in [-0.2, 0) is 44.1 Å². The third kappa shape index (κ3) is 9.99. The summed E-state index contributed by atoms with van der Waals surface area (Å²) in [4.78, 5) is 49.0. The zero-order valence-corrected chi connectivity index (χ0v) is 36.3. The van der Waals surface area contributed by atoms with Gasteiger partial charge in [-0.25, -0.2) is 4.98 Å². The first-order valence-corrected chi connectivity index (χ1v) is 22.2. The molecule has 2 heterocycles. The van der Waals surface area contributed by atoms with Crippen molar-refractivity contribution >= 4 is 28.5 Å². The molecule has 64 heavy (non-hydrogen) atoms. The Morgan fingerprint density at radius 3 is 1.92 bits per heavy atom. The van der Waals surface area contributed by atoms with Gasteiger partial charge in [-0.1, -0.05) is 158 Å². The monoisotopic (exact) mass is 852 g/mol. The zero-order valence-electron chi connectivity index (χ0n) is 36.3. The Labute approximate surface area is 375 Å². The average Bonchev–Trinajstić information content (AvgIpc) is 3.98. The quantitative estimate of drug-likeness (QED) is 0.0764. The highest BCUT2D eigenvalue weighted by molar-refractivity contribution is 5.92. The smallest absolute Gasteiger partial charge is 0.245 e. The second-order valence-electron chi connectivity index (χ2n) is 16.7. The molecule has 4 N–H and O–H groups in total. The molecule has 1 aliphatic rings. The van der Waals surface area contributed by atoms with Gasteiger partial charge in [-0.3, -0.25) is 14.4 Å². The van der Waals surface area contributed by atoms with Crippen molar-refractivity contribution in [3.8, 4) is 0 Å². The van der Waals surface area contributed by atoms with E-state index in [4.69, 9.17) is 15.5 Å². The number of likely N-dealkylation sites (tertiary alicyclic amines) is 1. The molecule has 0 saturated carbocycles. The van der Waals surface area contributed by atoms with Crippen LogP contribution >= 0.6 is 0 Å². The number of imidazole rings is 1. The number of carbonyl (C=O) groups is 3. The first kappa shape index (κ1) is 43.8. The summed E-state index contributed by atoms with van der Waals surface area (Å²) in [5, 5.41) is 8.30. The Kier molecular flexibility index (Phi) is 14.0. The number of nitrogens with zero attached hydrogens (tertiary/aromatic N) is 3. The van der Waals surface area contributed by atoms with Crippen molar-refractivity contribution in [2.45, 2.75) is 75.4 Å². The van der Waals surface area contributed by atoms with Crippen LogP contribution in [0.25, 0.3) is 10.8 Å². The van der Waals surface area contributed by atoms with E-state index in [0.29, 0.717) is 31.8 Å². The van der Waals surface area contributed by atoms with Crippen molar-refractivity contribution in [2.75, 3.05) is 13.1 Å². The molecule has 10 nitrogen and oxygen atoms in total. The van der Waals surface area contributed by atoms with Gasteiger partial charge in [-0.15, -0.1) is 0 Å². The molecule has 1 saturated heterocycles. The molecule has 8 rings (SSSR count). The van der Waals surface area contributed by atoms with Crippen LogP contribution in [0.5, 0.6) is 0 Å². The molecule has 7 aromatic rings. The van der Waals surface area contributed by atoms with Crippen molar-refractivity contribution in [3.63, 3.8) is 0 Å². The first-order chi connectivity index (χ1) is 31.3. The lowest BCUT2D eigenvalue weighted by molar-refractivity contribution is -0.138. The summed E-state index contributed by atoms with van der Waals surface area (Å²) in [5.41, 5.74) is 10.8. The summed E-state index contributed by atoms with van der Waals surface area (Å²) in [6.07, 6.45) is 6.04. The van der Waals surface area contributed by atoms with E-state index in [-0.39, 0.29) is 36.8 Å². The van der Waals surface area contributed by atoms with Crippen molar-refractivity contribution in [2.24, 2.45) is 5.73 Å². The summed E-state index contributed by atoms with van der Waals surface area (Å²) in [6, 6.07) is 53.0. The summed E-state index contributed by atoms with van der Waals surface area (Å²) in [6.45, 7) is 2.70. The van der Waals surface area contributed by atoms with Gasteiger partial charge in [0.25, 0.3) is 0 Å². The molecule has 0 radical (unpaired) electrons. The molecule has 0 aliphatic carbocycles. The van der Waals surface area contributed by atoms with E-state index >= 15 is 0 Å². The van der Waals surface area contributed by atoms with E-state index in [9.17, 15) is 14.4 Å². The topological polar surface area (TPSA) is 132 Å². The van der Waals surface area contributed by atoms with Gasteiger partial charge in [0.2, 0.25) is 17.7 Å². The van der Waals surface area contributed by atoms with Gasteiger partial charge in [0.05, 0.1) is 24.7 Å². The number of rotatable bonds is 18. The molecule has 0 unspecified atom stereocenters. The van der Waals surface area contributed by atoms with Crippen molar-refractivity contribution in [1.29, 1.82) is 0 Å². The molecular formula is C54H56N6O4. The van der Waals surface area contributed by atoms with Crippen LogP contribution in [0.3, 0.4) is 0 Å². The van der Waals surface area contributed by atoms with Crippen LogP contribution in [0.1, 0.15) is 59.7 Å². The number of hydrogen-bond acceptors (Lipinski definition) is 6. The minimum atomic E-state index is -1.02. The number of fused-ring (bicyclic) bond motifs is 1. The largest absolute Gasteiger partial charge is 0.372 e. The summed E-state index contributed by atoms with van der Waals surface area (Å²) < 4.78 is 8.58. The number of nitrogens with one attached hydrogen (secondary N) is 2. The SMILES string of the molecule is CC(=O)N[C@H](Cc1cn(C(c2ccccc2)(c2ccccc2)c2ccccc2)cn1)C(=O)N[C@H](Cc1ccccc1)C(=O)N1C[C@H](OCc2ccc3ccccc3c2)C[C@@H]1CCCN. The van der Waals surface area contributed by atoms with Crippen LogP contribution in [0.15, 0.2) is 176 Å². The predicted octanol–water partition coefficient (Wildman–Crippen LogP) is 7.58. The highest BCUT2D eigenvalue weighted by Crippen LogP contribution is 2.41. The van der Waals surface area contributed by atoms with Gasteiger partial charge in [-0.2, -0.15) is 0 Å². The van der Waals surface area contributed by atoms with Gasteiger partial charge in [0.15, 0.2) is 0 Å². The van der Waals surface area contributed by atoms with Crippen LogP contribution < -0.4 is 16.4 Å². The molecule has 1 aromatic heterocycles. The average molecular weight is 853 g/mol. The lowest BCUT2D eigenvalue weighted by atomic mass is 9.77. The van der Waals surface area contributed by atoms with Crippen molar-refractivity contribution in [3.05, 3.63) is 210 Å². The number of ether oxygens (including phenoxy) is 1. The molecule has 4 atom stereocenters. The Morgan fingerprint density at radius 1 is 0.719 bits per heavy atom.